The number of halogens is 1. The summed E-state index contributed by atoms with van der Waals surface area (Å²) in [6, 6.07) is 3.89. The Morgan fingerprint density at radius 3 is 2.92 bits per heavy atom. The average molecular weight is 212 g/mol. The molecule has 1 aromatic carbocycles. The number of benzene rings is 1. The minimum Gasteiger partial charge on any atom is -0.398 e. The van der Waals surface area contributed by atoms with Gasteiger partial charge in [-0.05, 0) is 29.5 Å². The molecule has 0 atom stereocenters. The molecule has 0 amide bonds. The molecular formula is C10H10ClNS. The Hall–Kier alpha value is -0.730. The van der Waals surface area contributed by atoms with Crippen molar-refractivity contribution in [2.24, 2.45) is 0 Å². The standard InChI is InChI=1S/C10H10ClNS/c1-2-6-5-13-8-4-3-7(12)10(11)9(6)8/h3-5H,2,12H2,1H3. The van der Waals surface area contributed by atoms with Crippen LogP contribution in [0.3, 0.4) is 0 Å². The minimum absolute atomic E-state index is 0.669. The maximum atomic E-state index is 6.13. The van der Waals surface area contributed by atoms with Crippen LogP contribution in [0.5, 0.6) is 0 Å². The monoisotopic (exact) mass is 211 g/mol. The zero-order valence-corrected chi connectivity index (χ0v) is 8.88. The second-order valence-electron chi connectivity index (χ2n) is 2.96. The molecule has 1 nitrogen and oxygen atoms in total. The highest BCUT2D eigenvalue weighted by Crippen LogP contribution is 2.35. The third-order valence-corrected chi connectivity index (χ3v) is 3.57. The summed E-state index contributed by atoms with van der Waals surface area (Å²) < 4.78 is 1.22. The van der Waals surface area contributed by atoms with Crippen LogP contribution in [0.2, 0.25) is 5.02 Å². The molecule has 0 aliphatic heterocycles. The smallest absolute Gasteiger partial charge is 0.0724 e. The van der Waals surface area contributed by atoms with Gasteiger partial charge in [-0.3, -0.25) is 0 Å². The molecule has 0 aliphatic rings. The Bertz CT molecular complexity index is 447. The van der Waals surface area contributed by atoms with E-state index >= 15 is 0 Å². The van der Waals surface area contributed by atoms with Crippen LogP contribution in [0.15, 0.2) is 17.5 Å². The van der Waals surface area contributed by atoms with Crippen LogP contribution in [0.25, 0.3) is 10.1 Å². The second-order valence-corrected chi connectivity index (χ2v) is 4.25. The summed E-state index contributed by atoms with van der Waals surface area (Å²) in [6.45, 7) is 2.13. The number of thiophene rings is 1. The largest absolute Gasteiger partial charge is 0.398 e. The van der Waals surface area contributed by atoms with Gasteiger partial charge in [-0.25, -0.2) is 0 Å². The molecule has 3 heteroatoms. The third kappa shape index (κ3) is 1.30. The van der Waals surface area contributed by atoms with E-state index in [1.54, 1.807) is 11.3 Å². The summed E-state index contributed by atoms with van der Waals surface area (Å²) in [5, 5.41) is 3.99. The first-order valence-corrected chi connectivity index (χ1v) is 5.44. The van der Waals surface area contributed by atoms with E-state index in [4.69, 9.17) is 17.3 Å². The number of hydrogen-bond donors (Lipinski definition) is 1. The van der Waals surface area contributed by atoms with Crippen LogP contribution in [-0.4, -0.2) is 0 Å². The molecule has 68 valence electrons. The van der Waals surface area contributed by atoms with Gasteiger partial charge in [0.15, 0.2) is 0 Å². The minimum atomic E-state index is 0.669. The molecule has 2 aromatic rings. The summed E-state index contributed by atoms with van der Waals surface area (Å²) in [5.41, 5.74) is 7.70. The van der Waals surface area contributed by atoms with Crippen molar-refractivity contribution in [3.63, 3.8) is 0 Å². The molecule has 0 bridgehead atoms. The maximum Gasteiger partial charge on any atom is 0.0724 e. The predicted molar refractivity (Wildman–Crippen MR) is 60.6 cm³/mol. The van der Waals surface area contributed by atoms with Crippen LogP contribution in [0.4, 0.5) is 5.69 Å². The zero-order chi connectivity index (χ0) is 9.42. The van der Waals surface area contributed by atoms with E-state index in [1.807, 2.05) is 12.1 Å². The van der Waals surface area contributed by atoms with E-state index in [0.717, 1.165) is 11.8 Å². The number of nitrogens with two attached hydrogens (primary N) is 1. The lowest BCUT2D eigenvalue weighted by Crippen LogP contribution is -1.86. The third-order valence-electron chi connectivity index (χ3n) is 2.16. The van der Waals surface area contributed by atoms with Crippen LogP contribution < -0.4 is 5.73 Å². The number of aryl methyl sites for hydroxylation is 1. The molecule has 0 aliphatic carbocycles. The second kappa shape index (κ2) is 3.20. The molecule has 0 saturated carbocycles. The summed E-state index contributed by atoms with van der Waals surface area (Å²) >= 11 is 7.85. The number of hydrogen-bond acceptors (Lipinski definition) is 2. The van der Waals surface area contributed by atoms with Crippen LogP contribution in [0.1, 0.15) is 12.5 Å². The zero-order valence-electron chi connectivity index (χ0n) is 7.30. The van der Waals surface area contributed by atoms with Gasteiger partial charge in [0.2, 0.25) is 0 Å². The fourth-order valence-electron chi connectivity index (χ4n) is 1.43. The predicted octanol–water partition coefficient (Wildman–Crippen LogP) is 3.70. The van der Waals surface area contributed by atoms with E-state index in [2.05, 4.69) is 12.3 Å². The van der Waals surface area contributed by atoms with Crippen molar-refractivity contribution in [3.8, 4) is 0 Å². The van der Waals surface area contributed by atoms with Crippen molar-refractivity contribution < 1.29 is 0 Å². The van der Waals surface area contributed by atoms with Gasteiger partial charge >= 0.3 is 0 Å². The number of fused-ring (bicyclic) bond motifs is 1. The summed E-state index contributed by atoms with van der Waals surface area (Å²) in [5.74, 6) is 0. The molecule has 1 aromatic heterocycles. The van der Waals surface area contributed by atoms with Crippen LogP contribution in [-0.2, 0) is 6.42 Å². The van der Waals surface area contributed by atoms with Crippen molar-refractivity contribution in [1.82, 2.24) is 0 Å². The van der Waals surface area contributed by atoms with Crippen molar-refractivity contribution in [2.75, 3.05) is 5.73 Å². The van der Waals surface area contributed by atoms with E-state index in [-0.39, 0.29) is 0 Å². The van der Waals surface area contributed by atoms with Gasteiger partial charge in [-0.1, -0.05) is 18.5 Å². The average Bonchev–Trinajstić information content (AvgIpc) is 2.55. The normalized spacial score (nSPS) is 10.9. The van der Waals surface area contributed by atoms with Crippen molar-refractivity contribution in [1.29, 1.82) is 0 Å². The van der Waals surface area contributed by atoms with Crippen LogP contribution >= 0.6 is 22.9 Å². The quantitative estimate of drug-likeness (QED) is 0.716. The Kier molecular flexibility index (Phi) is 2.18. The number of anilines is 1. The topological polar surface area (TPSA) is 26.0 Å². The molecule has 0 fully saturated rings. The van der Waals surface area contributed by atoms with Crippen molar-refractivity contribution in [2.45, 2.75) is 13.3 Å². The molecule has 0 unspecified atom stereocenters. The maximum absolute atomic E-state index is 6.13. The molecule has 0 saturated heterocycles. The lowest BCUT2D eigenvalue weighted by Gasteiger charge is -2.00. The van der Waals surface area contributed by atoms with Crippen LogP contribution in [0, 0.1) is 0 Å². The fraction of sp³-hybridized carbons (Fsp3) is 0.200. The first-order chi connectivity index (χ1) is 6.24. The number of nitrogen functional groups attached to an aromatic ring is 1. The Balaban J connectivity index is 2.85. The molecule has 13 heavy (non-hydrogen) atoms. The molecule has 0 radical (unpaired) electrons. The van der Waals surface area contributed by atoms with Gasteiger partial charge in [0.05, 0.1) is 10.7 Å². The molecule has 2 N–H and O–H groups in total. The fourth-order valence-corrected chi connectivity index (χ4v) is 2.82. The Morgan fingerprint density at radius 2 is 2.23 bits per heavy atom. The van der Waals surface area contributed by atoms with Crippen molar-refractivity contribution >= 4 is 38.7 Å². The van der Waals surface area contributed by atoms with Crippen molar-refractivity contribution in [3.05, 3.63) is 28.1 Å². The highest BCUT2D eigenvalue weighted by molar-refractivity contribution is 7.17. The van der Waals surface area contributed by atoms with Gasteiger partial charge in [-0.2, -0.15) is 0 Å². The molecule has 1 heterocycles. The molecule has 0 spiro atoms. The molecular weight excluding hydrogens is 202 g/mol. The SMILES string of the molecule is CCc1csc2ccc(N)c(Cl)c12. The van der Waals surface area contributed by atoms with Gasteiger partial charge in [0.1, 0.15) is 0 Å². The van der Waals surface area contributed by atoms with E-state index < -0.39 is 0 Å². The summed E-state index contributed by atoms with van der Waals surface area (Å²) in [4.78, 5) is 0. The highest BCUT2D eigenvalue weighted by Gasteiger charge is 2.08. The lowest BCUT2D eigenvalue weighted by molar-refractivity contribution is 1.17. The lowest BCUT2D eigenvalue weighted by atomic mass is 10.1. The van der Waals surface area contributed by atoms with E-state index in [1.165, 1.54) is 10.3 Å². The first-order valence-electron chi connectivity index (χ1n) is 4.18. The van der Waals surface area contributed by atoms with Gasteiger partial charge < -0.3 is 5.73 Å². The van der Waals surface area contributed by atoms with Gasteiger partial charge in [0.25, 0.3) is 0 Å². The van der Waals surface area contributed by atoms with Gasteiger partial charge in [-0.15, -0.1) is 11.3 Å². The van der Waals surface area contributed by atoms with Gasteiger partial charge in [0, 0.05) is 10.1 Å². The number of rotatable bonds is 1. The Labute approximate surface area is 86.1 Å². The highest BCUT2D eigenvalue weighted by atomic mass is 35.5. The summed E-state index contributed by atoms with van der Waals surface area (Å²) in [7, 11) is 0. The molecule has 2 rings (SSSR count). The van der Waals surface area contributed by atoms with E-state index in [9.17, 15) is 0 Å². The first kappa shape index (κ1) is 8.85. The Morgan fingerprint density at radius 1 is 1.46 bits per heavy atom. The van der Waals surface area contributed by atoms with E-state index in [0.29, 0.717) is 10.7 Å². The summed E-state index contributed by atoms with van der Waals surface area (Å²) in [6.07, 6.45) is 1.00.